The highest BCUT2D eigenvalue weighted by molar-refractivity contribution is 6.11. The Balaban J connectivity index is 2.16. The van der Waals surface area contributed by atoms with E-state index in [9.17, 15) is 4.79 Å². The first kappa shape index (κ1) is 9.40. The lowest BCUT2D eigenvalue weighted by Gasteiger charge is -1.91. The van der Waals surface area contributed by atoms with Gasteiger partial charge >= 0.3 is 5.97 Å². The van der Waals surface area contributed by atoms with Crippen LogP contribution in [0.2, 0.25) is 0 Å². The topological polar surface area (TPSA) is 50.2 Å². The van der Waals surface area contributed by atoms with Crippen LogP contribution in [0.1, 0.15) is 5.56 Å². The zero-order valence-electron chi connectivity index (χ0n) is 7.94. The van der Waals surface area contributed by atoms with E-state index in [1.165, 1.54) is 6.08 Å². The molecule has 3 nitrogen and oxygen atoms in total. The molecule has 3 heteroatoms. The first-order valence-electron chi connectivity index (χ1n) is 4.51. The van der Waals surface area contributed by atoms with Gasteiger partial charge in [-0.05, 0) is 11.6 Å². The second-order valence-electron chi connectivity index (χ2n) is 3.10. The third kappa shape index (κ3) is 2.20. The Morgan fingerprint density at radius 3 is 2.47 bits per heavy atom. The molecule has 1 heterocycles. The van der Waals surface area contributed by atoms with Gasteiger partial charge in [-0.3, -0.25) is 5.41 Å². The number of cyclic esters (lactones) is 1. The first-order valence-corrected chi connectivity index (χ1v) is 4.51. The minimum atomic E-state index is -0.466. The van der Waals surface area contributed by atoms with Crippen LogP contribution in [0.3, 0.4) is 0 Å². The number of benzene rings is 1. The van der Waals surface area contributed by atoms with E-state index in [0.29, 0.717) is 5.57 Å². The van der Waals surface area contributed by atoms with Crippen molar-refractivity contribution in [1.82, 2.24) is 0 Å². The summed E-state index contributed by atoms with van der Waals surface area (Å²) in [6, 6.07) is 9.63. The first-order chi connectivity index (χ1) is 7.25. The maximum absolute atomic E-state index is 11.1. The number of esters is 1. The van der Waals surface area contributed by atoms with Gasteiger partial charge in [-0.1, -0.05) is 36.4 Å². The second-order valence-corrected chi connectivity index (χ2v) is 3.10. The molecule has 0 fully saturated rings. The Morgan fingerprint density at radius 2 is 1.87 bits per heavy atom. The van der Waals surface area contributed by atoms with Crippen LogP contribution in [0.4, 0.5) is 0 Å². The molecule has 1 aromatic rings. The highest BCUT2D eigenvalue weighted by Crippen LogP contribution is 2.12. The fraction of sp³-hybridized carbons (Fsp3) is 0. The molecule has 0 saturated carbocycles. The van der Waals surface area contributed by atoms with Crippen LogP contribution >= 0.6 is 0 Å². The number of carbonyl (C=O) groups excluding carboxylic acids is 1. The van der Waals surface area contributed by atoms with Crippen LogP contribution in [0, 0.1) is 5.41 Å². The van der Waals surface area contributed by atoms with Crippen molar-refractivity contribution in [3.05, 3.63) is 53.6 Å². The lowest BCUT2D eigenvalue weighted by Crippen LogP contribution is -1.99. The van der Waals surface area contributed by atoms with Crippen LogP contribution < -0.4 is 0 Å². The van der Waals surface area contributed by atoms with Crippen molar-refractivity contribution in [1.29, 1.82) is 5.41 Å². The largest absolute Gasteiger partial charge is 0.404 e. The van der Waals surface area contributed by atoms with Gasteiger partial charge in [0, 0.05) is 6.08 Å². The zero-order chi connectivity index (χ0) is 10.7. The summed E-state index contributed by atoms with van der Waals surface area (Å²) in [6.07, 6.45) is 4.87. The SMILES string of the molecule is N=C1C=C(C=Cc2ccccc2)C(=O)O1. The minimum absolute atomic E-state index is 0.104. The quantitative estimate of drug-likeness (QED) is 0.742. The predicted molar refractivity (Wildman–Crippen MR) is 57.4 cm³/mol. The normalized spacial score (nSPS) is 15.6. The third-order valence-electron chi connectivity index (χ3n) is 1.98. The van der Waals surface area contributed by atoms with Gasteiger partial charge in [0.25, 0.3) is 0 Å². The summed E-state index contributed by atoms with van der Waals surface area (Å²) >= 11 is 0. The van der Waals surface area contributed by atoms with Crippen molar-refractivity contribution in [3.63, 3.8) is 0 Å². The smallest absolute Gasteiger partial charge is 0.345 e. The molecule has 0 aliphatic carbocycles. The number of rotatable bonds is 2. The van der Waals surface area contributed by atoms with E-state index in [1.54, 1.807) is 6.08 Å². The van der Waals surface area contributed by atoms with Crippen LogP contribution in [0.15, 0.2) is 48.1 Å². The average Bonchev–Trinajstić information content (AvgIpc) is 2.56. The van der Waals surface area contributed by atoms with Crippen molar-refractivity contribution in [2.45, 2.75) is 0 Å². The van der Waals surface area contributed by atoms with Crippen molar-refractivity contribution in [2.75, 3.05) is 0 Å². The Bertz CT molecular complexity index is 458. The molecule has 0 saturated heterocycles. The van der Waals surface area contributed by atoms with Crippen LogP contribution in [-0.4, -0.2) is 11.9 Å². The highest BCUT2D eigenvalue weighted by atomic mass is 16.5. The predicted octanol–water partition coefficient (Wildman–Crippen LogP) is 2.16. The Labute approximate surface area is 87.2 Å². The van der Waals surface area contributed by atoms with Crippen LogP contribution in [0.5, 0.6) is 0 Å². The number of hydrogen-bond acceptors (Lipinski definition) is 3. The Hall–Kier alpha value is -2.16. The molecular weight excluding hydrogens is 190 g/mol. The second kappa shape index (κ2) is 3.92. The fourth-order valence-electron chi connectivity index (χ4n) is 1.25. The fourth-order valence-corrected chi connectivity index (χ4v) is 1.25. The van der Waals surface area contributed by atoms with E-state index in [-0.39, 0.29) is 5.90 Å². The molecule has 0 unspecified atom stereocenters. The van der Waals surface area contributed by atoms with E-state index in [1.807, 2.05) is 36.4 Å². The summed E-state index contributed by atoms with van der Waals surface area (Å²) in [5, 5.41) is 7.14. The maximum atomic E-state index is 11.1. The average molecular weight is 199 g/mol. The summed E-state index contributed by atoms with van der Waals surface area (Å²) in [4.78, 5) is 11.1. The molecule has 0 atom stereocenters. The molecule has 0 radical (unpaired) electrons. The summed E-state index contributed by atoms with van der Waals surface area (Å²) < 4.78 is 4.56. The highest BCUT2D eigenvalue weighted by Gasteiger charge is 2.18. The van der Waals surface area contributed by atoms with E-state index < -0.39 is 5.97 Å². The van der Waals surface area contributed by atoms with Gasteiger partial charge in [-0.25, -0.2) is 4.79 Å². The number of ether oxygens (including phenoxy) is 1. The Morgan fingerprint density at radius 1 is 1.13 bits per heavy atom. The zero-order valence-corrected chi connectivity index (χ0v) is 7.94. The molecule has 1 N–H and O–H groups in total. The van der Waals surface area contributed by atoms with Crippen molar-refractivity contribution >= 4 is 17.9 Å². The molecule has 0 bridgehead atoms. The van der Waals surface area contributed by atoms with Crippen molar-refractivity contribution in [2.24, 2.45) is 0 Å². The summed E-state index contributed by atoms with van der Waals surface area (Å²) in [5.41, 5.74) is 1.41. The maximum Gasteiger partial charge on any atom is 0.345 e. The van der Waals surface area contributed by atoms with Gasteiger partial charge < -0.3 is 4.74 Å². The number of nitrogens with one attached hydrogen (secondary N) is 1. The number of carbonyl (C=O) groups is 1. The van der Waals surface area contributed by atoms with E-state index in [4.69, 9.17) is 5.41 Å². The molecule has 0 spiro atoms. The molecule has 2 rings (SSSR count). The van der Waals surface area contributed by atoms with Gasteiger partial charge in [0.2, 0.25) is 5.90 Å². The summed E-state index contributed by atoms with van der Waals surface area (Å²) in [6.45, 7) is 0. The van der Waals surface area contributed by atoms with Crippen LogP contribution in [0.25, 0.3) is 6.08 Å². The lowest BCUT2D eigenvalue weighted by molar-refractivity contribution is -0.130. The van der Waals surface area contributed by atoms with Gasteiger partial charge in [0.05, 0.1) is 5.57 Å². The monoisotopic (exact) mass is 199 g/mol. The van der Waals surface area contributed by atoms with E-state index >= 15 is 0 Å². The molecule has 15 heavy (non-hydrogen) atoms. The molecule has 74 valence electrons. The Kier molecular flexibility index (Phi) is 2.46. The lowest BCUT2D eigenvalue weighted by atomic mass is 10.1. The van der Waals surface area contributed by atoms with Crippen molar-refractivity contribution < 1.29 is 9.53 Å². The van der Waals surface area contributed by atoms with E-state index in [0.717, 1.165) is 5.56 Å². The van der Waals surface area contributed by atoms with Crippen molar-refractivity contribution in [3.8, 4) is 0 Å². The molecule has 1 aromatic carbocycles. The molecule has 1 aliphatic heterocycles. The third-order valence-corrected chi connectivity index (χ3v) is 1.98. The van der Waals surface area contributed by atoms with Gasteiger partial charge in [0.1, 0.15) is 0 Å². The molecular formula is C12H9NO2. The summed E-state index contributed by atoms with van der Waals surface area (Å²) in [5.74, 6) is -0.570. The summed E-state index contributed by atoms with van der Waals surface area (Å²) in [7, 11) is 0. The molecule has 1 aliphatic rings. The molecule has 0 amide bonds. The van der Waals surface area contributed by atoms with Gasteiger partial charge in [-0.15, -0.1) is 0 Å². The standard InChI is InChI=1S/C12H9NO2/c13-11-8-10(12(14)15-11)7-6-9-4-2-1-3-5-9/h1-8,13H. The van der Waals surface area contributed by atoms with Gasteiger partial charge in [0.15, 0.2) is 0 Å². The van der Waals surface area contributed by atoms with Gasteiger partial charge in [-0.2, -0.15) is 0 Å². The van der Waals surface area contributed by atoms with E-state index in [2.05, 4.69) is 4.74 Å². The minimum Gasteiger partial charge on any atom is -0.404 e. The molecule has 0 aromatic heterocycles. The van der Waals surface area contributed by atoms with Crippen LogP contribution in [-0.2, 0) is 9.53 Å². The number of hydrogen-bond donors (Lipinski definition) is 1.